The number of H-pyrrole nitrogens is 1. The fourth-order valence-corrected chi connectivity index (χ4v) is 3.56. The van der Waals surface area contributed by atoms with Crippen molar-refractivity contribution in [3.8, 4) is 0 Å². The highest BCUT2D eigenvalue weighted by Crippen LogP contribution is 2.25. The van der Waals surface area contributed by atoms with Crippen molar-refractivity contribution in [3.05, 3.63) is 34.0 Å². The molecule has 1 amide bonds. The van der Waals surface area contributed by atoms with Gasteiger partial charge in [0.15, 0.2) is 0 Å². The fraction of sp³-hybridized carbons (Fsp3) is 0.533. The number of carbonyl (C=O) groups excluding carboxylic acids is 1. The van der Waals surface area contributed by atoms with Crippen molar-refractivity contribution >= 4 is 17.2 Å². The maximum atomic E-state index is 12.4. The Labute approximate surface area is 128 Å². The fourth-order valence-electron chi connectivity index (χ4n) is 2.81. The van der Waals surface area contributed by atoms with E-state index in [1.165, 1.54) is 0 Å². The normalized spacial score (nSPS) is 18.9. The highest BCUT2D eigenvalue weighted by molar-refractivity contribution is 7.09. The average Bonchev–Trinajstić information content (AvgIpc) is 3.18. The van der Waals surface area contributed by atoms with Gasteiger partial charge in [-0.05, 0) is 25.3 Å². The number of piperidine rings is 1. The number of hydrogen-bond donors (Lipinski definition) is 1. The third-order valence-corrected chi connectivity index (χ3v) is 5.01. The minimum absolute atomic E-state index is 0.187. The zero-order valence-corrected chi connectivity index (χ0v) is 13.0. The summed E-state index contributed by atoms with van der Waals surface area (Å²) in [6.07, 6.45) is 5.30. The summed E-state index contributed by atoms with van der Waals surface area (Å²) in [5, 5.41) is 10.1. The van der Waals surface area contributed by atoms with Crippen molar-refractivity contribution in [2.24, 2.45) is 0 Å². The largest absolute Gasteiger partial charge is 0.342 e. The molecule has 0 bridgehead atoms. The number of aryl methyl sites for hydroxylation is 1. The van der Waals surface area contributed by atoms with Gasteiger partial charge in [-0.15, -0.1) is 11.3 Å². The number of amides is 1. The molecule has 0 unspecified atom stereocenters. The van der Waals surface area contributed by atoms with Gasteiger partial charge in [0.2, 0.25) is 5.91 Å². The molecule has 112 valence electrons. The Kier molecular flexibility index (Phi) is 4.34. The number of hydrogen-bond acceptors (Lipinski definition) is 4. The molecule has 0 aliphatic carbocycles. The molecule has 21 heavy (non-hydrogen) atoms. The van der Waals surface area contributed by atoms with Gasteiger partial charge in [-0.1, -0.05) is 6.92 Å². The van der Waals surface area contributed by atoms with Crippen molar-refractivity contribution in [2.75, 3.05) is 13.1 Å². The van der Waals surface area contributed by atoms with Crippen molar-refractivity contribution < 1.29 is 4.79 Å². The van der Waals surface area contributed by atoms with Crippen LogP contribution in [0, 0.1) is 0 Å². The Morgan fingerprint density at radius 2 is 2.48 bits per heavy atom. The molecule has 0 radical (unpaired) electrons. The van der Waals surface area contributed by atoms with Gasteiger partial charge in [-0.2, -0.15) is 5.10 Å². The predicted octanol–water partition coefficient (Wildman–Crippen LogP) is 2.38. The van der Waals surface area contributed by atoms with Crippen LogP contribution in [-0.2, 0) is 17.6 Å². The van der Waals surface area contributed by atoms with E-state index in [0.717, 1.165) is 48.7 Å². The summed E-state index contributed by atoms with van der Waals surface area (Å²) in [6, 6.07) is 2.01. The SMILES string of the molecule is CCc1nc(CC(=O)N2CCC[C@H](c3ccn[nH]3)C2)cs1. The van der Waals surface area contributed by atoms with Gasteiger partial charge in [-0.3, -0.25) is 9.89 Å². The molecular formula is C15H20N4OS. The van der Waals surface area contributed by atoms with Crippen LogP contribution < -0.4 is 0 Å². The Morgan fingerprint density at radius 1 is 1.57 bits per heavy atom. The van der Waals surface area contributed by atoms with Crippen LogP contribution in [-0.4, -0.2) is 39.1 Å². The van der Waals surface area contributed by atoms with Gasteiger partial charge in [0.25, 0.3) is 0 Å². The predicted molar refractivity (Wildman–Crippen MR) is 82.3 cm³/mol. The van der Waals surface area contributed by atoms with E-state index in [2.05, 4.69) is 22.1 Å². The van der Waals surface area contributed by atoms with Crippen molar-refractivity contribution in [1.29, 1.82) is 0 Å². The van der Waals surface area contributed by atoms with Gasteiger partial charge in [0.1, 0.15) is 0 Å². The first-order valence-electron chi connectivity index (χ1n) is 7.46. The van der Waals surface area contributed by atoms with E-state index in [1.54, 1.807) is 17.5 Å². The van der Waals surface area contributed by atoms with Crippen LogP contribution >= 0.6 is 11.3 Å². The molecule has 2 aromatic heterocycles. The van der Waals surface area contributed by atoms with Gasteiger partial charge in [0.05, 0.1) is 17.1 Å². The van der Waals surface area contributed by atoms with Crippen molar-refractivity contribution in [2.45, 2.75) is 38.5 Å². The number of aromatic amines is 1. The molecule has 3 heterocycles. The van der Waals surface area contributed by atoms with E-state index >= 15 is 0 Å². The molecule has 0 aromatic carbocycles. The zero-order chi connectivity index (χ0) is 14.7. The molecule has 1 fully saturated rings. The first-order valence-corrected chi connectivity index (χ1v) is 8.34. The van der Waals surface area contributed by atoms with E-state index in [1.807, 2.05) is 16.3 Å². The summed E-state index contributed by atoms with van der Waals surface area (Å²) in [4.78, 5) is 18.9. The second-order valence-corrected chi connectivity index (χ2v) is 6.40. The molecule has 6 heteroatoms. The van der Waals surface area contributed by atoms with Crippen LogP contribution in [0.15, 0.2) is 17.6 Å². The Bertz CT molecular complexity index is 593. The van der Waals surface area contributed by atoms with Crippen LogP contribution in [0.4, 0.5) is 0 Å². The molecule has 2 aromatic rings. The molecule has 1 aliphatic rings. The molecule has 1 aliphatic heterocycles. The summed E-state index contributed by atoms with van der Waals surface area (Å²) in [5.74, 6) is 0.569. The first-order chi connectivity index (χ1) is 10.3. The lowest BCUT2D eigenvalue weighted by atomic mass is 9.94. The lowest BCUT2D eigenvalue weighted by molar-refractivity contribution is -0.131. The maximum Gasteiger partial charge on any atom is 0.228 e. The molecule has 0 saturated carbocycles. The number of aromatic nitrogens is 3. The molecular weight excluding hydrogens is 284 g/mol. The Hall–Kier alpha value is -1.69. The van der Waals surface area contributed by atoms with Crippen molar-refractivity contribution in [1.82, 2.24) is 20.1 Å². The molecule has 1 atom stereocenters. The molecule has 3 rings (SSSR count). The highest BCUT2D eigenvalue weighted by atomic mass is 32.1. The van der Waals surface area contributed by atoms with E-state index in [9.17, 15) is 4.79 Å². The number of carbonyl (C=O) groups is 1. The Balaban J connectivity index is 1.61. The zero-order valence-electron chi connectivity index (χ0n) is 12.2. The average molecular weight is 304 g/mol. The van der Waals surface area contributed by atoms with Gasteiger partial charge >= 0.3 is 0 Å². The third kappa shape index (κ3) is 3.32. The second-order valence-electron chi connectivity index (χ2n) is 5.45. The van der Waals surface area contributed by atoms with Crippen molar-refractivity contribution in [3.63, 3.8) is 0 Å². The van der Waals surface area contributed by atoms with E-state index < -0.39 is 0 Å². The molecule has 1 N–H and O–H groups in total. The number of rotatable bonds is 4. The van der Waals surface area contributed by atoms with E-state index in [0.29, 0.717) is 12.3 Å². The minimum atomic E-state index is 0.187. The Morgan fingerprint density at radius 3 is 3.19 bits per heavy atom. The third-order valence-electron chi connectivity index (χ3n) is 3.97. The minimum Gasteiger partial charge on any atom is -0.342 e. The smallest absolute Gasteiger partial charge is 0.228 e. The van der Waals surface area contributed by atoms with Crippen LogP contribution in [0.2, 0.25) is 0 Å². The van der Waals surface area contributed by atoms with Gasteiger partial charge in [0, 0.05) is 36.3 Å². The molecule has 5 nitrogen and oxygen atoms in total. The van der Waals surface area contributed by atoms with Crippen LogP contribution in [0.25, 0.3) is 0 Å². The lowest BCUT2D eigenvalue weighted by Crippen LogP contribution is -2.40. The second kappa shape index (κ2) is 6.39. The lowest BCUT2D eigenvalue weighted by Gasteiger charge is -2.32. The van der Waals surface area contributed by atoms with Crippen LogP contribution in [0.3, 0.4) is 0 Å². The molecule has 1 saturated heterocycles. The monoisotopic (exact) mass is 304 g/mol. The van der Waals surface area contributed by atoms with E-state index in [-0.39, 0.29) is 5.91 Å². The highest BCUT2D eigenvalue weighted by Gasteiger charge is 2.25. The van der Waals surface area contributed by atoms with Crippen LogP contribution in [0.1, 0.15) is 42.1 Å². The van der Waals surface area contributed by atoms with Gasteiger partial charge in [-0.25, -0.2) is 4.98 Å². The number of likely N-dealkylation sites (tertiary alicyclic amines) is 1. The summed E-state index contributed by atoms with van der Waals surface area (Å²) in [7, 11) is 0. The summed E-state index contributed by atoms with van der Waals surface area (Å²) in [5.41, 5.74) is 2.04. The number of thiazole rings is 1. The summed E-state index contributed by atoms with van der Waals surface area (Å²) >= 11 is 1.64. The van der Waals surface area contributed by atoms with Crippen LogP contribution in [0.5, 0.6) is 0 Å². The number of nitrogens with one attached hydrogen (secondary N) is 1. The molecule has 0 spiro atoms. The quantitative estimate of drug-likeness (QED) is 0.943. The topological polar surface area (TPSA) is 61.9 Å². The first kappa shape index (κ1) is 14.3. The van der Waals surface area contributed by atoms with E-state index in [4.69, 9.17) is 0 Å². The maximum absolute atomic E-state index is 12.4. The van der Waals surface area contributed by atoms with Gasteiger partial charge < -0.3 is 4.90 Å². The summed E-state index contributed by atoms with van der Waals surface area (Å²) in [6.45, 7) is 3.73. The number of nitrogens with zero attached hydrogens (tertiary/aromatic N) is 3. The summed E-state index contributed by atoms with van der Waals surface area (Å²) < 4.78 is 0. The standard InChI is InChI=1S/C15H20N4OS/c1-2-14-17-12(10-21-14)8-15(20)19-7-3-4-11(9-19)13-5-6-16-18-13/h5-6,10-11H,2-4,7-9H2,1H3,(H,16,18)/t11-/m0/s1.